The molecule has 6 nitrogen and oxygen atoms in total. The van der Waals surface area contributed by atoms with Gasteiger partial charge in [0.05, 0.1) is 5.56 Å². The average molecular weight is 442 g/mol. The van der Waals surface area contributed by atoms with Gasteiger partial charge in [0, 0.05) is 18.8 Å². The van der Waals surface area contributed by atoms with Crippen LogP contribution in [0.5, 0.6) is 17.2 Å². The maximum atomic E-state index is 12.5. The third-order valence-electron chi connectivity index (χ3n) is 6.01. The van der Waals surface area contributed by atoms with Crippen LogP contribution in [-0.2, 0) is 4.79 Å². The number of amidine groups is 1. The van der Waals surface area contributed by atoms with Crippen LogP contribution in [0.4, 0.5) is 11.4 Å². The summed E-state index contributed by atoms with van der Waals surface area (Å²) in [4.78, 5) is 19.8. The van der Waals surface area contributed by atoms with Gasteiger partial charge < -0.3 is 19.7 Å². The summed E-state index contributed by atoms with van der Waals surface area (Å²) in [5.74, 6) is 3.50. The number of likely N-dealkylation sites (tertiary alicyclic amines) is 1. The van der Waals surface area contributed by atoms with E-state index in [4.69, 9.17) is 14.5 Å². The highest BCUT2D eigenvalue weighted by atomic mass is 16.5. The largest absolute Gasteiger partial charge is 0.484 e. The van der Waals surface area contributed by atoms with Crippen LogP contribution >= 0.6 is 0 Å². The van der Waals surface area contributed by atoms with Crippen LogP contribution in [-0.4, -0.2) is 36.3 Å². The minimum absolute atomic E-state index is 0.0615. The topological polar surface area (TPSA) is 63.2 Å². The molecule has 6 heteroatoms. The number of rotatable bonds is 4. The van der Waals surface area contributed by atoms with Crippen LogP contribution in [0.15, 0.2) is 77.8 Å². The van der Waals surface area contributed by atoms with E-state index in [1.165, 1.54) is 0 Å². The highest BCUT2D eigenvalue weighted by molar-refractivity contribution is 6.05. The first-order valence-electron chi connectivity index (χ1n) is 11.4. The zero-order valence-electron chi connectivity index (χ0n) is 18.7. The molecule has 0 radical (unpaired) electrons. The lowest BCUT2D eigenvalue weighted by Gasteiger charge is -2.33. The molecular weight excluding hydrogens is 414 g/mol. The minimum Gasteiger partial charge on any atom is -0.484 e. The van der Waals surface area contributed by atoms with E-state index in [9.17, 15) is 4.79 Å². The summed E-state index contributed by atoms with van der Waals surface area (Å²) in [7, 11) is 0. The Kier molecular flexibility index (Phi) is 5.98. The van der Waals surface area contributed by atoms with Crippen molar-refractivity contribution in [3.05, 3.63) is 78.4 Å². The second-order valence-electron chi connectivity index (χ2n) is 8.54. The van der Waals surface area contributed by atoms with E-state index in [1.807, 2.05) is 72.8 Å². The first kappa shape index (κ1) is 21.1. The molecular formula is C27H27N3O3. The number of nitrogens with one attached hydrogen (secondary N) is 1. The Hall–Kier alpha value is -3.80. The van der Waals surface area contributed by atoms with Crippen molar-refractivity contribution in [1.29, 1.82) is 0 Å². The zero-order chi connectivity index (χ0) is 22.6. The van der Waals surface area contributed by atoms with Gasteiger partial charge in [-0.2, -0.15) is 0 Å². The van der Waals surface area contributed by atoms with Gasteiger partial charge >= 0.3 is 0 Å². The Bertz CT molecular complexity index is 1170. The van der Waals surface area contributed by atoms with Crippen molar-refractivity contribution in [2.45, 2.75) is 19.8 Å². The fourth-order valence-electron chi connectivity index (χ4n) is 4.12. The molecule has 1 N–H and O–H groups in total. The number of aliphatic imine (C=N–C) groups is 1. The lowest BCUT2D eigenvalue weighted by molar-refractivity contribution is -0.118. The zero-order valence-corrected chi connectivity index (χ0v) is 18.7. The van der Waals surface area contributed by atoms with E-state index < -0.39 is 0 Å². The van der Waals surface area contributed by atoms with Gasteiger partial charge in [0.2, 0.25) is 0 Å². The lowest BCUT2D eigenvalue weighted by Crippen LogP contribution is -2.38. The predicted molar refractivity (Wildman–Crippen MR) is 130 cm³/mol. The molecule has 0 unspecified atom stereocenters. The highest BCUT2D eigenvalue weighted by Crippen LogP contribution is 2.39. The normalized spacial score (nSPS) is 15.4. The number of carbonyl (C=O) groups is 1. The molecule has 1 amide bonds. The number of fused-ring (bicyclic) bond motifs is 2. The summed E-state index contributed by atoms with van der Waals surface area (Å²) in [6, 6.07) is 22.8. The Morgan fingerprint density at radius 3 is 2.61 bits per heavy atom. The summed E-state index contributed by atoms with van der Waals surface area (Å²) < 4.78 is 11.8. The molecule has 0 saturated carbocycles. The van der Waals surface area contributed by atoms with E-state index in [0.717, 1.165) is 54.5 Å². The monoisotopic (exact) mass is 441 g/mol. The Balaban J connectivity index is 1.40. The quantitative estimate of drug-likeness (QED) is 0.571. The predicted octanol–water partition coefficient (Wildman–Crippen LogP) is 5.62. The molecule has 5 rings (SSSR count). The Labute approximate surface area is 193 Å². The molecule has 168 valence electrons. The maximum absolute atomic E-state index is 12.5. The number of ether oxygens (including phenoxy) is 2. The molecule has 0 atom stereocenters. The first-order valence-corrected chi connectivity index (χ1v) is 11.4. The van der Waals surface area contributed by atoms with Gasteiger partial charge in [0.15, 0.2) is 12.4 Å². The van der Waals surface area contributed by atoms with Crippen molar-refractivity contribution in [2.75, 3.05) is 25.0 Å². The van der Waals surface area contributed by atoms with E-state index >= 15 is 0 Å². The van der Waals surface area contributed by atoms with Crippen molar-refractivity contribution < 1.29 is 14.3 Å². The number of hydrogen-bond donors (Lipinski definition) is 1. The van der Waals surface area contributed by atoms with Crippen molar-refractivity contribution >= 4 is 23.1 Å². The highest BCUT2D eigenvalue weighted by Gasteiger charge is 2.26. The van der Waals surface area contributed by atoms with Crippen LogP contribution in [0.2, 0.25) is 0 Å². The Morgan fingerprint density at radius 2 is 1.79 bits per heavy atom. The number of anilines is 1. The molecule has 33 heavy (non-hydrogen) atoms. The second kappa shape index (κ2) is 9.36. The van der Waals surface area contributed by atoms with Gasteiger partial charge in [-0.15, -0.1) is 0 Å². The van der Waals surface area contributed by atoms with E-state index in [1.54, 1.807) is 0 Å². The SMILES string of the molecule is CC1CCN(C2=Nc3ccccc3Oc3ccc(NC(=O)COc4ccccc4)cc32)CC1. The van der Waals surface area contributed by atoms with E-state index in [-0.39, 0.29) is 12.5 Å². The maximum Gasteiger partial charge on any atom is 0.262 e. The second-order valence-corrected chi connectivity index (χ2v) is 8.54. The van der Waals surface area contributed by atoms with Crippen LogP contribution < -0.4 is 14.8 Å². The molecule has 2 aliphatic rings. The van der Waals surface area contributed by atoms with Gasteiger partial charge in [-0.3, -0.25) is 4.79 Å². The van der Waals surface area contributed by atoms with Crippen molar-refractivity contribution in [2.24, 2.45) is 10.9 Å². The third-order valence-corrected chi connectivity index (χ3v) is 6.01. The molecule has 3 aromatic carbocycles. The van der Waals surface area contributed by atoms with Gasteiger partial charge in [-0.25, -0.2) is 4.99 Å². The number of carbonyl (C=O) groups excluding carboxylic acids is 1. The van der Waals surface area contributed by atoms with Gasteiger partial charge in [0.1, 0.15) is 23.0 Å². The van der Waals surface area contributed by atoms with Gasteiger partial charge in [0.25, 0.3) is 5.91 Å². The smallest absolute Gasteiger partial charge is 0.262 e. The van der Waals surface area contributed by atoms with E-state index in [0.29, 0.717) is 17.4 Å². The summed E-state index contributed by atoms with van der Waals surface area (Å²) in [6.45, 7) is 4.13. The molecule has 0 aliphatic carbocycles. The summed E-state index contributed by atoms with van der Waals surface area (Å²) in [5, 5.41) is 2.94. The molecule has 2 heterocycles. The molecule has 1 fully saturated rings. The third kappa shape index (κ3) is 4.85. The Morgan fingerprint density at radius 1 is 1.03 bits per heavy atom. The van der Waals surface area contributed by atoms with Gasteiger partial charge in [-0.05, 0) is 61.2 Å². The van der Waals surface area contributed by atoms with E-state index in [2.05, 4.69) is 17.1 Å². The van der Waals surface area contributed by atoms with Crippen LogP contribution in [0.25, 0.3) is 0 Å². The molecule has 0 aromatic heterocycles. The number of amides is 1. The molecule has 0 bridgehead atoms. The van der Waals surface area contributed by atoms with Crippen LogP contribution in [0, 0.1) is 5.92 Å². The van der Waals surface area contributed by atoms with Crippen molar-refractivity contribution in [1.82, 2.24) is 4.90 Å². The number of hydrogen-bond acceptors (Lipinski definition) is 5. The molecule has 0 spiro atoms. The summed E-state index contributed by atoms with van der Waals surface area (Å²) >= 11 is 0. The van der Waals surface area contributed by atoms with Crippen molar-refractivity contribution in [3.8, 4) is 17.2 Å². The lowest BCUT2D eigenvalue weighted by atomic mass is 9.98. The fraction of sp³-hybridized carbons (Fsp3) is 0.259. The van der Waals surface area contributed by atoms with Crippen LogP contribution in [0.3, 0.4) is 0 Å². The number of nitrogens with zero attached hydrogens (tertiary/aromatic N) is 2. The number of piperidine rings is 1. The summed E-state index contributed by atoms with van der Waals surface area (Å²) in [6.07, 6.45) is 2.26. The fourth-order valence-corrected chi connectivity index (χ4v) is 4.12. The average Bonchev–Trinajstić information content (AvgIpc) is 3.00. The van der Waals surface area contributed by atoms with Crippen molar-refractivity contribution in [3.63, 3.8) is 0 Å². The molecule has 1 saturated heterocycles. The minimum atomic E-state index is -0.220. The molecule has 2 aliphatic heterocycles. The number of para-hydroxylation sites is 3. The molecule has 3 aromatic rings. The van der Waals surface area contributed by atoms with Gasteiger partial charge in [-0.1, -0.05) is 37.3 Å². The first-order chi connectivity index (χ1) is 16.2. The summed E-state index contributed by atoms with van der Waals surface area (Å²) in [5.41, 5.74) is 2.37. The van der Waals surface area contributed by atoms with Crippen LogP contribution in [0.1, 0.15) is 25.3 Å². The number of benzene rings is 3. The standard InChI is InChI=1S/C27H27N3O3/c1-19-13-15-30(16-14-19)27-22-17-20(28-26(31)18-32-21-7-3-2-4-8-21)11-12-24(22)33-25-10-6-5-9-23(25)29-27/h2-12,17,19H,13-16,18H2,1H3,(H,28,31).